The van der Waals surface area contributed by atoms with Crippen molar-refractivity contribution in [2.45, 2.75) is 39.5 Å². The predicted octanol–water partition coefficient (Wildman–Crippen LogP) is 4.36. The van der Waals surface area contributed by atoms with Crippen LogP contribution in [0.5, 0.6) is 0 Å². The lowest BCUT2D eigenvalue weighted by molar-refractivity contribution is -0.118. The number of nitrogens with one attached hydrogen (secondary N) is 1. The van der Waals surface area contributed by atoms with Gasteiger partial charge in [-0.3, -0.25) is 9.59 Å². The SMILES string of the molecule is CCN1C(=O)CCc2cc(NC(=O)c3ccc(C(C)C)cc3)ccc21. The van der Waals surface area contributed by atoms with E-state index >= 15 is 0 Å². The molecule has 0 radical (unpaired) electrons. The molecule has 0 spiro atoms. The lowest BCUT2D eigenvalue weighted by atomic mass is 10.00. The number of fused-ring (bicyclic) bond motifs is 1. The van der Waals surface area contributed by atoms with E-state index in [0.29, 0.717) is 24.4 Å². The minimum Gasteiger partial charge on any atom is -0.322 e. The minimum atomic E-state index is -0.116. The first kappa shape index (κ1) is 17.2. The van der Waals surface area contributed by atoms with Crippen molar-refractivity contribution in [3.63, 3.8) is 0 Å². The Morgan fingerprint density at radius 1 is 1.12 bits per heavy atom. The average molecular weight is 336 g/mol. The summed E-state index contributed by atoms with van der Waals surface area (Å²) in [5, 5.41) is 2.96. The molecular formula is C21H24N2O2. The van der Waals surface area contributed by atoms with Crippen LogP contribution < -0.4 is 10.2 Å². The van der Waals surface area contributed by atoms with Gasteiger partial charge in [-0.1, -0.05) is 26.0 Å². The number of anilines is 2. The van der Waals surface area contributed by atoms with Crippen LogP contribution in [0, 0.1) is 0 Å². The van der Waals surface area contributed by atoms with Gasteiger partial charge in [-0.15, -0.1) is 0 Å². The van der Waals surface area contributed by atoms with Crippen LogP contribution in [0.2, 0.25) is 0 Å². The van der Waals surface area contributed by atoms with Crippen LogP contribution in [0.15, 0.2) is 42.5 Å². The topological polar surface area (TPSA) is 49.4 Å². The zero-order valence-electron chi connectivity index (χ0n) is 15.0. The fraction of sp³-hybridized carbons (Fsp3) is 0.333. The average Bonchev–Trinajstić information content (AvgIpc) is 2.61. The van der Waals surface area contributed by atoms with Gasteiger partial charge in [0.25, 0.3) is 5.91 Å². The number of carbonyl (C=O) groups is 2. The maximum Gasteiger partial charge on any atom is 0.255 e. The zero-order valence-corrected chi connectivity index (χ0v) is 15.0. The van der Waals surface area contributed by atoms with Crippen molar-refractivity contribution >= 4 is 23.2 Å². The van der Waals surface area contributed by atoms with Crippen LogP contribution in [0.4, 0.5) is 11.4 Å². The Morgan fingerprint density at radius 2 is 1.84 bits per heavy atom. The molecule has 0 aliphatic carbocycles. The van der Waals surface area contributed by atoms with Crippen molar-refractivity contribution in [1.29, 1.82) is 0 Å². The molecule has 130 valence electrons. The Labute approximate surface area is 148 Å². The van der Waals surface area contributed by atoms with E-state index in [1.807, 2.05) is 49.4 Å². The number of amides is 2. The van der Waals surface area contributed by atoms with Crippen LogP contribution in [-0.2, 0) is 11.2 Å². The molecule has 25 heavy (non-hydrogen) atoms. The molecule has 3 rings (SSSR count). The number of benzene rings is 2. The Balaban J connectivity index is 1.77. The molecule has 1 aliphatic rings. The van der Waals surface area contributed by atoms with E-state index in [4.69, 9.17) is 0 Å². The van der Waals surface area contributed by atoms with Gasteiger partial charge in [0.15, 0.2) is 0 Å². The van der Waals surface area contributed by atoms with Crippen molar-refractivity contribution in [1.82, 2.24) is 0 Å². The van der Waals surface area contributed by atoms with Crippen molar-refractivity contribution in [2.75, 3.05) is 16.8 Å². The molecule has 0 aromatic heterocycles. The molecule has 0 saturated heterocycles. The molecule has 4 nitrogen and oxygen atoms in total. The molecule has 1 heterocycles. The Kier molecular flexibility index (Phi) is 4.88. The van der Waals surface area contributed by atoms with Gasteiger partial charge in [0, 0.05) is 29.9 Å². The number of hydrogen-bond donors (Lipinski definition) is 1. The minimum absolute atomic E-state index is 0.116. The maximum atomic E-state index is 12.5. The fourth-order valence-corrected chi connectivity index (χ4v) is 3.21. The Hall–Kier alpha value is -2.62. The summed E-state index contributed by atoms with van der Waals surface area (Å²) in [6, 6.07) is 13.5. The molecular weight excluding hydrogens is 312 g/mol. The highest BCUT2D eigenvalue weighted by Crippen LogP contribution is 2.30. The highest BCUT2D eigenvalue weighted by molar-refractivity contribution is 6.04. The predicted molar refractivity (Wildman–Crippen MR) is 101 cm³/mol. The zero-order chi connectivity index (χ0) is 18.0. The van der Waals surface area contributed by atoms with E-state index in [-0.39, 0.29) is 11.8 Å². The first-order valence-electron chi connectivity index (χ1n) is 8.84. The first-order chi connectivity index (χ1) is 12.0. The van der Waals surface area contributed by atoms with E-state index in [1.54, 1.807) is 4.90 Å². The second kappa shape index (κ2) is 7.09. The van der Waals surface area contributed by atoms with E-state index in [0.717, 1.165) is 23.4 Å². The van der Waals surface area contributed by atoms with E-state index in [1.165, 1.54) is 5.56 Å². The lowest BCUT2D eigenvalue weighted by Crippen LogP contribution is -2.34. The lowest BCUT2D eigenvalue weighted by Gasteiger charge is -2.28. The van der Waals surface area contributed by atoms with Crippen LogP contribution in [0.1, 0.15) is 54.6 Å². The van der Waals surface area contributed by atoms with Gasteiger partial charge in [0.05, 0.1) is 0 Å². The smallest absolute Gasteiger partial charge is 0.255 e. The summed E-state index contributed by atoms with van der Waals surface area (Å²) in [6.45, 7) is 6.91. The summed E-state index contributed by atoms with van der Waals surface area (Å²) in [7, 11) is 0. The summed E-state index contributed by atoms with van der Waals surface area (Å²) >= 11 is 0. The summed E-state index contributed by atoms with van der Waals surface area (Å²) in [6.07, 6.45) is 1.24. The molecule has 0 atom stereocenters. The molecule has 0 saturated carbocycles. The maximum absolute atomic E-state index is 12.5. The highest BCUT2D eigenvalue weighted by atomic mass is 16.2. The third-order valence-corrected chi connectivity index (χ3v) is 4.69. The van der Waals surface area contributed by atoms with Gasteiger partial charge in [-0.25, -0.2) is 0 Å². The first-order valence-corrected chi connectivity index (χ1v) is 8.84. The van der Waals surface area contributed by atoms with Gasteiger partial charge < -0.3 is 10.2 Å². The van der Waals surface area contributed by atoms with E-state index in [2.05, 4.69) is 19.2 Å². The van der Waals surface area contributed by atoms with E-state index in [9.17, 15) is 9.59 Å². The van der Waals surface area contributed by atoms with Gasteiger partial charge in [-0.05, 0) is 60.7 Å². The third-order valence-electron chi connectivity index (χ3n) is 4.69. The van der Waals surface area contributed by atoms with Crippen LogP contribution in [0.3, 0.4) is 0 Å². The molecule has 4 heteroatoms. The third kappa shape index (κ3) is 3.58. The van der Waals surface area contributed by atoms with Crippen molar-refractivity contribution in [3.8, 4) is 0 Å². The number of aryl methyl sites for hydroxylation is 1. The van der Waals surface area contributed by atoms with E-state index < -0.39 is 0 Å². The van der Waals surface area contributed by atoms with Crippen LogP contribution in [-0.4, -0.2) is 18.4 Å². The Morgan fingerprint density at radius 3 is 2.48 bits per heavy atom. The highest BCUT2D eigenvalue weighted by Gasteiger charge is 2.23. The number of carbonyl (C=O) groups excluding carboxylic acids is 2. The van der Waals surface area contributed by atoms with Gasteiger partial charge in [0.2, 0.25) is 5.91 Å². The molecule has 0 unspecified atom stereocenters. The summed E-state index contributed by atoms with van der Waals surface area (Å²) in [5.74, 6) is 0.494. The second-order valence-electron chi connectivity index (χ2n) is 6.71. The molecule has 1 aliphatic heterocycles. The monoisotopic (exact) mass is 336 g/mol. The van der Waals surface area contributed by atoms with Crippen molar-refractivity contribution in [3.05, 3.63) is 59.2 Å². The normalized spacial score (nSPS) is 13.8. The standard InChI is InChI=1S/C21H24N2O2/c1-4-23-19-11-10-18(13-17(19)9-12-20(23)24)22-21(25)16-7-5-15(6-8-16)14(2)3/h5-8,10-11,13-14H,4,9,12H2,1-3H3,(H,22,25). The summed E-state index contributed by atoms with van der Waals surface area (Å²) in [4.78, 5) is 26.2. The Bertz CT molecular complexity index is 794. The molecule has 2 aromatic rings. The van der Waals surface area contributed by atoms with Gasteiger partial charge >= 0.3 is 0 Å². The second-order valence-corrected chi connectivity index (χ2v) is 6.71. The molecule has 1 N–H and O–H groups in total. The van der Waals surface area contributed by atoms with Crippen LogP contribution in [0.25, 0.3) is 0 Å². The molecule has 2 aromatic carbocycles. The van der Waals surface area contributed by atoms with Gasteiger partial charge in [-0.2, -0.15) is 0 Å². The summed E-state index contributed by atoms with van der Waals surface area (Å²) in [5.41, 5.74) is 4.69. The largest absolute Gasteiger partial charge is 0.322 e. The molecule has 0 fully saturated rings. The molecule has 2 amide bonds. The summed E-state index contributed by atoms with van der Waals surface area (Å²) < 4.78 is 0. The quantitative estimate of drug-likeness (QED) is 0.902. The number of hydrogen-bond acceptors (Lipinski definition) is 2. The molecule has 0 bridgehead atoms. The van der Waals surface area contributed by atoms with Crippen LogP contribution >= 0.6 is 0 Å². The number of nitrogens with zero attached hydrogens (tertiary/aromatic N) is 1. The number of rotatable bonds is 4. The van der Waals surface area contributed by atoms with Gasteiger partial charge in [0.1, 0.15) is 0 Å². The fourth-order valence-electron chi connectivity index (χ4n) is 3.21. The van der Waals surface area contributed by atoms with Crippen molar-refractivity contribution < 1.29 is 9.59 Å². The van der Waals surface area contributed by atoms with Crippen molar-refractivity contribution in [2.24, 2.45) is 0 Å².